The molecule has 3 rings (SSSR count). The van der Waals surface area contributed by atoms with Crippen molar-refractivity contribution in [2.45, 2.75) is 34.2 Å². The molecule has 30 heavy (non-hydrogen) atoms. The summed E-state index contributed by atoms with van der Waals surface area (Å²) in [6, 6.07) is 12.9. The van der Waals surface area contributed by atoms with Crippen LogP contribution in [0, 0.1) is 27.7 Å². The number of guanidine groups is 1. The highest BCUT2D eigenvalue weighted by Gasteiger charge is 2.13. The van der Waals surface area contributed by atoms with Crippen molar-refractivity contribution in [2.75, 3.05) is 5.32 Å². The van der Waals surface area contributed by atoms with Crippen LogP contribution < -0.4 is 10.6 Å². The number of rotatable bonds is 4. The number of hydrogen-bond acceptors (Lipinski definition) is 3. The van der Waals surface area contributed by atoms with E-state index in [0.717, 1.165) is 33.8 Å². The molecular formula is C23H26ClN5O. The first-order chi connectivity index (χ1) is 14.2. The van der Waals surface area contributed by atoms with Gasteiger partial charge in [0, 0.05) is 34.6 Å². The van der Waals surface area contributed by atoms with Crippen LogP contribution in [0.2, 0.25) is 5.02 Å². The largest absolute Gasteiger partial charge is 0.326 e. The first-order valence-electron chi connectivity index (χ1n) is 9.68. The summed E-state index contributed by atoms with van der Waals surface area (Å²) in [7, 11) is 1.91. The molecule has 0 unspecified atom stereocenters. The zero-order valence-corrected chi connectivity index (χ0v) is 18.6. The van der Waals surface area contributed by atoms with Gasteiger partial charge in [-0.25, -0.2) is 4.99 Å². The van der Waals surface area contributed by atoms with Gasteiger partial charge in [-0.1, -0.05) is 23.7 Å². The number of hydrogen-bond donors (Lipinski definition) is 2. The average molecular weight is 424 g/mol. The summed E-state index contributed by atoms with van der Waals surface area (Å²) in [5.74, 6) is 0.0837. The summed E-state index contributed by atoms with van der Waals surface area (Å²) in [5, 5.41) is 11.1. The summed E-state index contributed by atoms with van der Waals surface area (Å²) >= 11 is 6.03. The molecule has 6 nitrogen and oxygen atoms in total. The second-order valence-corrected chi connectivity index (χ2v) is 7.84. The maximum absolute atomic E-state index is 12.8. The SMILES string of the molecule is Cc1cc(C)cc(NC(=NCc2c(C)nn(C)c2C)NC(=O)c2cccc(Cl)c2)c1. The number of halogens is 1. The minimum absolute atomic E-state index is 0.284. The quantitative estimate of drug-likeness (QED) is 0.471. The van der Waals surface area contributed by atoms with Crippen LogP contribution in [-0.4, -0.2) is 21.6 Å². The van der Waals surface area contributed by atoms with Crippen molar-refractivity contribution in [3.8, 4) is 0 Å². The summed E-state index contributed by atoms with van der Waals surface area (Å²) in [6.07, 6.45) is 0. The van der Waals surface area contributed by atoms with Crippen molar-refractivity contribution in [3.05, 3.63) is 81.1 Å². The second-order valence-electron chi connectivity index (χ2n) is 7.40. The van der Waals surface area contributed by atoms with Gasteiger partial charge in [-0.05, 0) is 69.2 Å². The number of nitrogens with one attached hydrogen (secondary N) is 2. The molecule has 2 aromatic carbocycles. The van der Waals surface area contributed by atoms with Crippen LogP contribution in [0.25, 0.3) is 0 Å². The zero-order chi connectivity index (χ0) is 21.8. The fourth-order valence-electron chi connectivity index (χ4n) is 3.31. The molecule has 0 atom stereocenters. The molecule has 0 fully saturated rings. The molecule has 0 radical (unpaired) electrons. The summed E-state index contributed by atoms with van der Waals surface area (Å²) in [5.41, 5.74) is 6.57. The third-order valence-electron chi connectivity index (χ3n) is 4.86. The van der Waals surface area contributed by atoms with Crippen LogP contribution in [0.15, 0.2) is 47.5 Å². The molecule has 1 heterocycles. The Kier molecular flexibility index (Phi) is 6.57. The topological polar surface area (TPSA) is 71.3 Å². The molecule has 3 aromatic rings. The lowest BCUT2D eigenvalue weighted by Crippen LogP contribution is -2.36. The fraction of sp³-hybridized carbons (Fsp3) is 0.261. The van der Waals surface area contributed by atoms with Gasteiger partial charge in [0.15, 0.2) is 0 Å². The predicted octanol–water partition coefficient (Wildman–Crippen LogP) is 4.71. The van der Waals surface area contributed by atoms with Crippen molar-refractivity contribution in [3.63, 3.8) is 0 Å². The number of aryl methyl sites for hydroxylation is 4. The van der Waals surface area contributed by atoms with Crippen LogP contribution >= 0.6 is 11.6 Å². The van der Waals surface area contributed by atoms with Gasteiger partial charge in [0.2, 0.25) is 5.96 Å². The number of aliphatic imine (C=N–C) groups is 1. The highest BCUT2D eigenvalue weighted by Crippen LogP contribution is 2.16. The van der Waals surface area contributed by atoms with Gasteiger partial charge >= 0.3 is 0 Å². The molecule has 0 bridgehead atoms. The smallest absolute Gasteiger partial charge is 0.258 e. The van der Waals surface area contributed by atoms with Gasteiger partial charge in [0.1, 0.15) is 0 Å². The van der Waals surface area contributed by atoms with Crippen molar-refractivity contribution in [1.29, 1.82) is 0 Å². The molecule has 0 aliphatic rings. The van der Waals surface area contributed by atoms with Gasteiger partial charge in [-0.2, -0.15) is 5.10 Å². The van der Waals surface area contributed by atoms with Crippen molar-refractivity contribution in [1.82, 2.24) is 15.1 Å². The number of benzene rings is 2. The van der Waals surface area contributed by atoms with E-state index in [1.807, 2.05) is 51.6 Å². The molecule has 156 valence electrons. The minimum Gasteiger partial charge on any atom is -0.326 e. The van der Waals surface area contributed by atoms with Crippen LogP contribution in [-0.2, 0) is 13.6 Å². The van der Waals surface area contributed by atoms with Gasteiger partial charge in [-0.15, -0.1) is 0 Å². The first-order valence-corrected chi connectivity index (χ1v) is 10.1. The minimum atomic E-state index is -0.284. The third-order valence-corrected chi connectivity index (χ3v) is 5.09. The monoisotopic (exact) mass is 423 g/mol. The summed E-state index contributed by atoms with van der Waals surface area (Å²) < 4.78 is 1.84. The number of nitrogens with zero attached hydrogens (tertiary/aromatic N) is 3. The van der Waals surface area contributed by atoms with Crippen molar-refractivity contribution in [2.24, 2.45) is 12.0 Å². The van der Waals surface area contributed by atoms with Crippen LogP contribution in [0.5, 0.6) is 0 Å². The number of amides is 1. The molecule has 7 heteroatoms. The molecule has 0 saturated heterocycles. The molecule has 0 spiro atoms. The Balaban J connectivity index is 1.89. The maximum Gasteiger partial charge on any atom is 0.258 e. The van der Waals surface area contributed by atoms with E-state index < -0.39 is 0 Å². The molecular weight excluding hydrogens is 398 g/mol. The molecule has 2 N–H and O–H groups in total. The fourth-order valence-corrected chi connectivity index (χ4v) is 3.50. The Labute approximate surface area is 182 Å². The normalized spacial score (nSPS) is 11.5. The second kappa shape index (κ2) is 9.13. The number of anilines is 1. The Bertz CT molecular complexity index is 1100. The number of carbonyl (C=O) groups excluding carboxylic acids is 1. The highest BCUT2D eigenvalue weighted by atomic mass is 35.5. The lowest BCUT2D eigenvalue weighted by molar-refractivity contribution is 0.0977. The van der Waals surface area contributed by atoms with Crippen molar-refractivity contribution < 1.29 is 4.79 Å². The van der Waals surface area contributed by atoms with E-state index in [1.165, 1.54) is 0 Å². The Morgan fingerprint density at radius 1 is 1.10 bits per heavy atom. The van der Waals surface area contributed by atoms with E-state index in [4.69, 9.17) is 11.6 Å². The number of aromatic nitrogens is 2. The molecule has 1 aromatic heterocycles. The molecule has 1 amide bonds. The Morgan fingerprint density at radius 2 is 1.80 bits per heavy atom. The number of carbonyl (C=O) groups is 1. The third kappa shape index (κ3) is 5.27. The van der Waals surface area contributed by atoms with E-state index in [-0.39, 0.29) is 5.91 Å². The lowest BCUT2D eigenvalue weighted by atomic mass is 10.1. The van der Waals surface area contributed by atoms with E-state index in [9.17, 15) is 4.79 Å². The van der Waals surface area contributed by atoms with Gasteiger partial charge in [0.25, 0.3) is 5.91 Å². The lowest BCUT2D eigenvalue weighted by Gasteiger charge is -2.13. The van der Waals surface area contributed by atoms with Crippen LogP contribution in [0.4, 0.5) is 5.69 Å². The molecule has 0 aliphatic heterocycles. The van der Waals surface area contributed by atoms with E-state index >= 15 is 0 Å². The summed E-state index contributed by atoms with van der Waals surface area (Å²) in [6.45, 7) is 8.42. The van der Waals surface area contributed by atoms with E-state index in [0.29, 0.717) is 23.1 Å². The van der Waals surface area contributed by atoms with Gasteiger partial charge in [0.05, 0.1) is 12.2 Å². The standard InChI is InChI=1S/C23H26ClN5O/c1-14-9-15(2)11-20(10-14)26-23(25-13-21-16(3)28-29(5)17(21)4)27-22(30)18-7-6-8-19(24)12-18/h6-12H,13H2,1-5H3,(H2,25,26,27,30). The van der Waals surface area contributed by atoms with Gasteiger partial charge in [-0.3, -0.25) is 14.8 Å². The van der Waals surface area contributed by atoms with Gasteiger partial charge < -0.3 is 5.32 Å². The first kappa shape index (κ1) is 21.6. The van der Waals surface area contributed by atoms with E-state index in [1.54, 1.807) is 24.3 Å². The predicted molar refractivity (Wildman–Crippen MR) is 122 cm³/mol. The highest BCUT2D eigenvalue weighted by molar-refractivity contribution is 6.31. The van der Waals surface area contributed by atoms with E-state index in [2.05, 4.69) is 26.8 Å². The Hall–Kier alpha value is -3.12. The zero-order valence-electron chi connectivity index (χ0n) is 17.9. The van der Waals surface area contributed by atoms with Crippen LogP contribution in [0.1, 0.15) is 38.4 Å². The molecule has 0 aliphatic carbocycles. The summed E-state index contributed by atoms with van der Waals surface area (Å²) in [4.78, 5) is 17.4. The maximum atomic E-state index is 12.8. The molecule has 0 saturated carbocycles. The van der Waals surface area contributed by atoms with Crippen LogP contribution in [0.3, 0.4) is 0 Å². The Morgan fingerprint density at radius 3 is 2.40 bits per heavy atom. The van der Waals surface area contributed by atoms with Crippen molar-refractivity contribution >= 4 is 29.2 Å². The average Bonchev–Trinajstić information content (AvgIpc) is 2.90.